The van der Waals surface area contributed by atoms with Gasteiger partial charge in [-0.15, -0.1) is 0 Å². The zero-order valence-corrected chi connectivity index (χ0v) is 19.1. The Morgan fingerprint density at radius 2 is 1.97 bits per heavy atom. The number of imidazole rings is 1. The Hall–Kier alpha value is -3.07. The normalized spacial score (nSPS) is 17.7. The topological polar surface area (TPSA) is 94.5 Å². The number of ether oxygens (including phenoxy) is 1. The van der Waals surface area contributed by atoms with Crippen molar-refractivity contribution in [3.05, 3.63) is 50.7 Å². The molecule has 2 aromatic heterocycles. The average Bonchev–Trinajstić information content (AvgIpc) is 3.15. The predicted molar refractivity (Wildman–Crippen MR) is 124 cm³/mol. The molecule has 3 heterocycles. The average molecular weight is 442 g/mol. The summed E-state index contributed by atoms with van der Waals surface area (Å²) in [4.78, 5) is 32.4. The molecule has 2 unspecified atom stereocenters. The first-order valence-electron chi connectivity index (χ1n) is 11.1. The van der Waals surface area contributed by atoms with E-state index in [1.807, 2.05) is 31.2 Å². The Morgan fingerprint density at radius 1 is 1.22 bits per heavy atom. The molecule has 0 radical (unpaired) electrons. The van der Waals surface area contributed by atoms with Gasteiger partial charge in [-0.05, 0) is 37.3 Å². The van der Waals surface area contributed by atoms with E-state index in [-0.39, 0.29) is 13.2 Å². The number of piperidine rings is 1. The van der Waals surface area contributed by atoms with Gasteiger partial charge < -0.3 is 19.3 Å². The lowest BCUT2D eigenvalue weighted by Crippen LogP contribution is -2.39. The van der Waals surface area contributed by atoms with Crippen LogP contribution >= 0.6 is 0 Å². The lowest BCUT2D eigenvalue weighted by molar-refractivity contribution is 0.0932. The highest BCUT2D eigenvalue weighted by Gasteiger charge is 2.26. The first-order chi connectivity index (χ1) is 15.3. The molecule has 1 saturated heterocycles. The summed E-state index contributed by atoms with van der Waals surface area (Å²) in [6.07, 6.45) is 1.30. The van der Waals surface area contributed by atoms with Crippen molar-refractivity contribution in [1.29, 1.82) is 0 Å². The lowest BCUT2D eigenvalue weighted by atomic mass is 10.0. The second-order valence-electron chi connectivity index (χ2n) is 8.82. The maximum Gasteiger partial charge on any atom is 0.332 e. The van der Waals surface area contributed by atoms with Crippen LogP contribution in [-0.2, 0) is 20.6 Å². The van der Waals surface area contributed by atoms with Gasteiger partial charge in [0.1, 0.15) is 18.5 Å². The maximum absolute atomic E-state index is 13.0. The van der Waals surface area contributed by atoms with E-state index >= 15 is 0 Å². The van der Waals surface area contributed by atoms with Gasteiger partial charge in [0.25, 0.3) is 5.56 Å². The number of aryl methyl sites for hydroxylation is 2. The molecule has 1 aliphatic rings. The molecule has 32 heavy (non-hydrogen) atoms. The summed E-state index contributed by atoms with van der Waals surface area (Å²) >= 11 is 0. The van der Waals surface area contributed by atoms with Crippen molar-refractivity contribution < 1.29 is 9.84 Å². The number of hydrogen-bond donors (Lipinski definition) is 1. The third-order valence-corrected chi connectivity index (χ3v) is 6.19. The summed E-state index contributed by atoms with van der Waals surface area (Å²) in [5.41, 5.74) is 0.795. The van der Waals surface area contributed by atoms with Gasteiger partial charge in [-0.25, -0.2) is 4.79 Å². The minimum atomic E-state index is -0.866. The third kappa shape index (κ3) is 4.04. The van der Waals surface area contributed by atoms with Gasteiger partial charge in [-0.3, -0.25) is 13.9 Å². The fraction of sp³-hybridized carbons (Fsp3) is 0.522. The molecule has 172 valence electrons. The first kappa shape index (κ1) is 22.1. The van der Waals surface area contributed by atoms with Crippen molar-refractivity contribution in [1.82, 2.24) is 18.7 Å². The van der Waals surface area contributed by atoms with Crippen molar-refractivity contribution in [3.63, 3.8) is 0 Å². The number of anilines is 1. The van der Waals surface area contributed by atoms with Crippen molar-refractivity contribution >= 4 is 17.1 Å². The van der Waals surface area contributed by atoms with E-state index in [0.717, 1.165) is 36.1 Å². The molecule has 4 rings (SSSR count). The van der Waals surface area contributed by atoms with Gasteiger partial charge in [0.15, 0.2) is 11.2 Å². The number of aromatic nitrogens is 4. The van der Waals surface area contributed by atoms with Gasteiger partial charge in [0.2, 0.25) is 5.95 Å². The molecule has 1 aromatic carbocycles. The van der Waals surface area contributed by atoms with Gasteiger partial charge in [0.05, 0.1) is 6.54 Å². The van der Waals surface area contributed by atoms with Crippen LogP contribution in [0.2, 0.25) is 0 Å². The van der Waals surface area contributed by atoms with Crippen LogP contribution in [0.5, 0.6) is 5.75 Å². The Labute approximate surface area is 186 Å². The summed E-state index contributed by atoms with van der Waals surface area (Å²) in [7, 11) is 3.07. The van der Waals surface area contributed by atoms with Crippen molar-refractivity contribution in [3.8, 4) is 5.75 Å². The second-order valence-corrected chi connectivity index (χ2v) is 8.82. The zero-order valence-electron chi connectivity index (χ0n) is 19.1. The van der Waals surface area contributed by atoms with E-state index in [9.17, 15) is 14.7 Å². The van der Waals surface area contributed by atoms with Crippen LogP contribution in [0, 0.1) is 12.8 Å². The molecule has 0 saturated carbocycles. The first-order valence-corrected chi connectivity index (χ1v) is 11.1. The van der Waals surface area contributed by atoms with Crippen molar-refractivity contribution in [2.75, 3.05) is 24.6 Å². The molecule has 0 aliphatic carbocycles. The van der Waals surface area contributed by atoms with E-state index < -0.39 is 17.4 Å². The molecular formula is C23H31N5O4. The van der Waals surface area contributed by atoms with Crippen molar-refractivity contribution in [2.24, 2.45) is 20.0 Å². The molecule has 1 aliphatic heterocycles. The number of nitrogens with zero attached hydrogens (tertiary/aromatic N) is 5. The van der Waals surface area contributed by atoms with E-state index in [1.165, 1.54) is 11.6 Å². The molecule has 9 nitrogen and oxygen atoms in total. The van der Waals surface area contributed by atoms with Crippen LogP contribution in [0.25, 0.3) is 11.2 Å². The smallest absolute Gasteiger partial charge is 0.332 e. The fourth-order valence-corrected chi connectivity index (χ4v) is 4.39. The number of aliphatic hydroxyl groups excluding tert-OH is 1. The van der Waals surface area contributed by atoms with Crippen LogP contribution in [0.1, 0.15) is 25.3 Å². The van der Waals surface area contributed by atoms with Gasteiger partial charge >= 0.3 is 5.69 Å². The van der Waals surface area contributed by atoms with E-state index in [1.54, 1.807) is 11.6 Å². The molecule has 3 aromatic rings. The summed E-state index contributed by atoms with van der Waals surface area (Å²) in [6.45, 7) is 5.98. The molecule has 1 N–H and O–H groups in total. The van der Waals surface area contributed by atoms with Gasteiger partial charge in [-0.1, -0.05) is 25.1 Å². The number of benzene rings is 1. The predicted octanol–water partition coefficient (Wildman–Crippen LogP) is 1.42. The number of fused-ring (bicyclic) bond motifs is 1. The Balaban J connectivity index is 1.72. The Bertz CT molecular complexity index is 1240. The van der Waals surface area contributed by atoms with Crippen LogP contribution in [-0.4, -0.2) is 49.6 Å². The molecule has 1 fully saturated rings. The Morgan fingerprint density at radius 3 is 2.69 bits per heavy atom. The highest BCUT2D eigenvalue weighted by Crippen LogP contribution is 2.26. The number of aliphatic hydroxyl groups is 1. The fourth-order valence-electron chi connectivity index (χ4n) is 4.39. The third-order valence-electron chi connectivity index (χ3n) is 6.19. The lowest BCUT2D eigenvalue weighted by Gasteiger charge is -2.32. The van der Waals surface area contributed by atoms with Gasteiger partial charge in [-0.2, -0.15) is 4.98 Å². The molecule has 0 amide bonds. The monoisotopic (exact) mass is 441 g/mol. The Kier molecular flexibility index (Phi) is 6.10. The largest absolute Gasteiger partial charge is 0.491 e. The summed E-state index contributed by atoms with van der Waals surface area (Å²) in [5.74, 6) is 1.82. The van der Waals surface area contributed by atoms with E-state index in [4.69, 9.17) is 9.72 Å². The highest BCUT2D eigenvalue weighted by molar-refractivity contribution is 5.74. The molecule has 0 bridgehead atoms. The number of rotatable bonds is 6. The quantitative estimate of drug-likeness (QED) is 0.622. The molecule has 9 heteroatoms. The van der Waals surface area contributed by atoms with E-state index in [0.29, 0.717) is 28.8 Å². The zero-order chi connectivity index (χ0) is 23.0. The summed E-state index contributed by atoms with van der Waals surface area (Å²) in [5, 5.41) is 10.8. The van der Waals surface area contributed by atoms with Crippen LogP contribution in [0.15, 0.2) is 33.9 Å². The van der Waals surface area contributed by atoms with Crippen LogP contribution in [0.3, 0.4) is 0 Å². The minimum Gasteiger partial charge on any atom is -0.491 e. The molecular weight excluding hydrogens is 410 g/mol. The minimum absolute atomic E-state index is 0.0758. The van der Waals surface area contributed by atoms with Crippen molar-refractivity contribution in [2.45, 2.75) is 39.3 Å². The molecule has 2 atom stereocenters. The second kappa shape index (κ2) is 8.82. The highest BCUT2D eigenvalue weighted by atomic mass is 16.5. The maximum atomic E-state index is 13.0. The molecule has 0 spiro atoms. The number of para-hydroxylation sites is 1. The number of hydrogen-bond acceptors (Lipinski definition) is 6. The summed E-state index contributed by atoms with van der Waals surface area (Å²) in [6, 6.07) is 7.63. The van der Waals surface area contributed by atoms with Crippen LogP contribution in [0.4, 0.5) is 5.95 Å². The van der Waals surface area contributed by atoms with Gasteiger partial charge in [0, 0.05) is 27.2 Å². The SMILES string of the molecule is Cc1ccccc1OCC(O)Cn1c(N2CCCC(C)C2)nc2c1c(=O)n(C)c(=O)n2C. The van der Waals surface area contributed by atoms with E-state index in [2.05, 4.69) is 11.8 Å². The summed E-state index contributed by atoms with van der Waals surface area (Å²) < 4.78 is 10.0. The van der Waals surface area contributed by atoms with Crippen LogP contribution < -0.4 is 20.9 Å². The standard InChI is InChI=1S/C23H31N5O4/c1-15-8-7-11-27(12-15)22-24-20-19(21(30)26(4)23(31)25(20)3)28(22)13-17(29)14-32-18-10-6-5-9-16(18)2/h5-6,9-10,15,17,29H,7-8,11-14H2,1-4H3.